The van der Waals surface area contributed by atoms with Crippen molar-refractivity contribution >= 4 is 37.6 Å². The molecule has 6 heteroatoms. The van der Waals surface area contributed by atoms with Gasteiger partial charge in [0.1, 0.15) is 0 Å². The molecule has 1 saturated heterocycles. The molecule has 3 nitrogen and oxygen atoms in total. The van der Waals surface area contributed by atoms with Gasteiger partial charge in [-0.05, 0) is 59.8 Å². The summed E-state index contributed by atoms with van der Waals surface area (Å²) in [6, 6.07) is 5.36. The van der Waals surface area contributed by atoms with Gasteiger partial charge in [0.25, 0.3) is 0 Å². The van der Waals surface area contributed by atoms with Crippen LogP contribution in [0.3, 0.4) is 0 Å². The van der Waals surface area contributed by atoms with Gasteiger partial charge in [-0.25, -0.2) is 8.42 Å². The molecule has 0 spiro atoms. The van der Waals surface area contributed by atoms with Crippen LogP contribution in [-0.2, 0) is 15.9 Å². The summed E-state index contributed by atoms with van der Waals surface area (Å²) >= 11 is 9.15. The third-order valence-electron chi connectivity index (χ3n) is 3.89. The van der Waals surface area contributed by atoms with Crippen LogP contribution in [0.25, 0.3) is 0 Å². The molecule has 1 aromatic carbocycles. The largest absolute Gasteiger partial charge is 0.244 e. The molecule has 1 fully saturated rings. The van der Waals surface area contributed by atoms with Gasteiger partial charge < -0.3 is 0 Å². The van der Waals surface area contributed by atoms with Crippen molar-refractivity contribution in [1.82, 2.24) is 4.31 Å². The van der Waals surface area contributed by atoms with Crippen molar-refractivity contribution < 1.29 is 8.42 Å². The topological polar surface area (TPSA) is 37.4 Å². The van der Waals surface area contributed by atoms with E-state index in [0.717, 1.165) is 24.8 Å². The number of benzene rings is 1. The summed E-state index contributed by atoms with van der Waals surface area (Å²) in [5.41, 5.74) is 0.902. The zero-order chi connectivity index (χ0) is 14.9. The van der Waals surface area contributed by atoms with Crippen molar-refractivity contribution in [3.63, 3.8) is 0 Å². The number of sulfonamides is 1. The van der Waals surface area contributed by atoms with Gasteiger partial charge in [-0.15, -0.1) is 11.6 Å². The van der Waals surface area contributed by atoms with Crippen molar-refractivity contribution in [2.75, 3.05) is 0 Å². The van der Waals surface area contributed by atoms with E-state index in [2.05, 4.69) is 15.9 Å². The van der Waals surface area contributed by atoms with E-state index in [1.54, 1.807) is 22.5 Å². The van der Waals surface area contributed by atoms with E-state index in [4.69, 9.17) is 11.6 Å². The average molecular weight is 381 g/mol. The smallest absolute Gasteiger partial charge is 0.207 e. The molecule has 0 aliphatic carbocycles. The molecule has 112 valence electrons. The molecule has 0 amide bonds. The third-order valence-corrected chi connectivity index (χ3v) is 7.24. The van der Waals surface area contributed by atoms with Crippen LogP contribution >= 0.6 is 27.5 Å². The van der Waals surface area contributed by atoms with Crippen LogP contribution < -0.4 is 0 Å². The van der Waals surface area contributed by atoms with E-state index >= 15 is 0 Å². The average Bonchev–Trinajstić information content (AvgIpc) is 2.80. The number of halogens is 2. The standard InChI is InChI=1S/C14H19BrClNO2S/c1-3-12-6-4-10(2)17(12)20(18,19)14-7-5-11(9-16)8-13(14)15/h5,7-8,10,12H,3-4,6,9H2,1-2H3. The number of nitrogens with zero attached hydrogens (tertiary/aromatic N) is 1. The fourth-order valence-electron chi connectivity index (χ4n) is 2.82. The highest BCUT2D eigenvalue weighted by Gasteiger charge is 2.39. The van der Waals surface area contributed by atoms with Crippen LogP contribution in [0.4, 0.5) is 0 Å². The van der Waals surface area contributed by atoms with Crippen LogP contribution in [0.15, 0.2) is 27.6 Å². The molecule has 20 heavy (non-hydrogen) atoms. The van der Waals surface area contributed by atoms with E-state index in [1.165, 1.54) is 0 Å². The molecule has 0 aromatic heterocycles. The predicted molar refractivity (Wildman–Crippen MR) is 85.5 cm³/mol. The highest BCUT2D eigenvalue weighted by Crippen LogP contribution is 2.35. The predicted octanol–water partition coefficient (Wildman–Crippen LogP) is 4.14. The second kappa shape index (κ2) is 6.34. The maximum Gasteiger partial charge on any atom is 0.244 e. The molecule has 0 N–H and O–H groups in total. The van der Waals surface area contributed by atoms with Gasteiger partial charge in [0.05, 0.1) is 4.90 Å². The zero-order valence-electron chi connectivity index (χ0n) is 11.6. The molecule has 0 bridgehead atoms. The van der Waals surface area contributed by atoms with Crippen LogP contribution in [-0.4, -0.2) is 24.8 Å². The Kier molecular flexibility index (Phi) is 5.16. The molecule has 1 aromatic rings. The number of rotatable bonds is 4. The fourth-order valence-corrected chi connectivity index (χ4v) is 6.02. The van der Waals surface area contributed by atoms with Crippen molar-refractivity contribution in [2.45, 2.75) is 56.0 Å². The fraction of sp³-hybridized carbons (Fsp3) is 0.571. The normalized spacial score (nSPS) is 24.2. The molecule has 2 unspecified atom stereocenters. The van der Waals surface area contributed by atoms with E-state index in [0.29, 0.717) is 15.2 Å². The van der Waals surface area contributed by atoms with Gasteiger partial charge in [-0.2, -0.15) is 4.31 Å². The summed E-state index contributed by atoms with van der Waals surface area (Å²) in [5.74, 6) is 0.372. The van der Waals surface area contributed by atoms with E-state index in [-0.39, 0.29) is 12.1 Å². The first kappa shape index (κ1) is 16.3. The summed E-state index contributed by atoms with van der Waals surface area (Å²) in [6.07, 6.45) is 2.71. The Morgan fingerprint density at radius 1 is 1.40 bits per heavy atom. The lowest BCUT2D eigenvalue weighted by molar-refractivity contribution is 0.328. The van der Waals surface area contributed by atoms with Gasteiger partial charge in [0.15, 0.2) is 0 Å². The highest BCUT2D eigenvalue weighted by atomic mass is 79.9. The third kappa shape index (κ3) is 2.91. The summed E-state index contributed by atoms with van der Waals surface area (Å²) in [7, 11) is -3.46. The highest BCUT2D eigenvalue weighted by molar-refractivity contribution is 9.10. The molecule has 1 aliphatic rings. The lowest BCUT2D eigenvalue weighted by atomic mass is 10.2. The van der Waals surface area contributed by atoms with Gasteiger partial charge >= 0.3 is 0 Å². The Bertz CT molecular complexity index is 591. The Balaban J connectivity index is 2.44. The number of hydrogen-bond donors (Lipinski definition) is 0. The minimum atomic E-state index is -3.46. The second-order valence-corrected chi connectivity index (χ2v) is 8.15. The monoisotopic (exact) mass is 379 g/mol. The Morgan fingerprint density at radius 3 is 2.65 bits per heavy atom. The minimum absolute atomic E-state index is 0.0598. The van der Waals surface area contributed by atoms with E-state index in [9.17, 15) is 8.42 Å². The van der Waals surface area contributed by atoms with Crippen LogP contribution in [0.1, 0.15) is 38.7 Å². The van der Waals surface area contributed by atoms with Crippen LogP contribution in [0, 0.1) is 0 Å². The van der Waals surface area contributed by atoms with E-state index in [1.807, 2.05) is 13.8 Å². The molecular formula is C14H19BrClNO2S. The molecule has 1 aliphatic heterocycles. The van der Waals surface area contributed by atoms with Crippen molar-refractivity contribution in [2.24, 2.45) is 0 Å². The molecule has 0 saturated carbocycles. The Labute approximate surface area is 134 Å². The summed E-state index contributed by atoms with van der Waals surface area (Å²) < 4.78 is 28.1. The first-order valence-corrected chi connectivity index (χ1v) is 9.56. The first-order valence-electron chi connectivity index (χ1n) is 6.79. The van der Waals surface area contributed by atoms with E-state index < -0.39 is 10.0 Å². The second-order valence-electron chi connectivity index (χ2n) is 5.22. The maximum atomic E-state index is 12.9. The molecule has 1 heterocycles. The Morgan fingerprint density at radius 2 is 2.10 bits per heavy atom. The quantitative estimate of drug-likeness (QED) is 0.736. The van der Waals surface area contributed by atoms with Crippen molar-refractivity contribution in [3.05, 3.63) is 28.2 Å². The van der Waals surface area contributed by atoms with Crippen molar-refractivity contribution in [3.8, 4) is 0 Å². The molecule has 0 radical (unpaired) electrons. The summed E-state index contributed by atoms with van der Waals surface area (Å²) in [4.78, 5) is 0.332. The van der Waals surface area contributed by atoms with Gasteiger partial charge in [-0.3, -0.25) is 0 Å². The van der Waals surface area contributed by atoms with Crippen LogP contribution in [0.5, 0.6) is 0 Å². The first-order chi connectivity index (χ1) is 9.41. The lowest BCUT2D eigenvalue weighted by Gasteiger charge is -2.27. The zero-order valence-corrected chi connectivity index (χ0v) is 14.8. The number of hydrogen-bond acceptors (Lipinski definition) is 2. The molecular weight excluding hydrogens is 362 g/mol. The summed E-state index contributed by atoms with van der Waals surface area (Å²) in [5, 5.41) is 0. The van der Waals surface area contributed by atoms with Crippen LogP contribution in [0.2, 0.25) is 0 Å². The number of alkyl halides is 1. The molecule has 2 rings (SSSR count). The molecule has 2 atom stereocenters. The summed E-state index contributed by atoms with van der Waals surface area (Å²) in [6.45, 7) is 4.02. The van der Waals surface area contributed by atoms with Crippen molar-refractivity contribution in [1.29, 1.82) is 0 Å². The minimum Gasteiger partial charge on any atom is -0.207 e. The Hall–Kier alpha value is -0.100. The SMILES string of the molecule is CCC1CCC(C)N1S(=O)(=O)c1ccc(CCl)cc1Br. The lowest BCUT2D eigenvalue weighted by Crippen LogP contribution is -2.39. The maximum absolute atomic E-state index is 12.9. The van der Waals surface area contributed by atoms with Gasteiger partial charge in [0, 0.05) is 22.4 Å². The van der Waals surface area contributed by atoms with Gasteiger partial charge in [0.2, 0.25) is 10.0 Å². The van der Waals surface area contributed by atoms with Gasteiger partial charge in [-0.1, -0.05) is 13.0 Å².